The molecule has 3 nitrogen and oxygen atoms in total. The molecule has 0 aromatic carbocycles. The van der Waals surface area contributed by atoms with Gasteiger partial charge in [0.15, 0.2) is 0 Å². The van der Waals surface area contributed by atoms with Crippen LogP contribution >= 0.6 is 11.6 Å². The molecule has 1 aliphatic heterocycles. The number of fused-ring (bicyclic) bond motifs is 1. The van der Waals surface area contributed by atoms with Gasteiger partial charge in [-0.3, -0.25) is 4.90 Å². The Balaban J connectivity index is 2.01. The van der Waals surface area contributed by atoms with Crippen LogP contribution in [0.25, 0.3) is 0 Å². The summed E-state index contributed by atoms with van der Waals surface area (Å²) in [5.41, 5.74) is 6.27. The number of halogens is 1. The monoisotopic (exact) mass is 232 g/mol. The fourth-order valence-corrected chi connectivity index (χ4v) is 3.44. The normalized spacial score (nSPS) is 46.6. The van der Waals surface area contributed by atoms with Crippen LogP contribution in [-0.4, -0.2) is 42.6 Å². The van der Waals surface area contributed by atoms with Crippen molar-refractivity contribution in [2.24, 2.45) is 11.7 Å². The first kappa shape index (κ1) is 11.6. The third-order valence-electron chi connectivity index (χ3n) is 4.09. The Morgan fingerprint density at radius 2 is 2.00 bits per heavy atom. The van der Waals surface area contributed by atoms with Crippen molar-refractivity contribution in [2.75, 3.05) is 14.1 Å². The van der Waals surface area contributed by atoms with Gasteiger partial charge < -0.3 is 11.1 Å². The van der Waals surface area contributed by atoms with E-state index in [9.17, 15) is 0 Å². The Hall–Kier alpha value is 0.170. The predicted octanol–water partition coefficient (Wildman–Crippen LogP) is -0.0554. The van der Waals surface area contributed by atoms with E-state index < -0.39 is 0 Å². The Bertz CT molecular complexity index is 222. The topological polar surface area (TPSA) is 45.9 Å². The second-order valence-corrected chi connectivity index (χ2v) is 5.98. The lowest BCUT2D eigenvalue weighted by Crippen LogP contribution is -3.02. The first-order chi connectivity index (χ1) is 7.08. The summed E-state index contributed by atoms with van der Waals surface area (Å²) in [5, 5.41) is 2.87. The van der Waals surface area contributed by atoms with Crippen molar-refractivity contribution >= 4 is 11.6 Å². The van der Waals surface area contributed by atoms with Crippen molar-refractivity contribution in [1.82, 2.24) is 4.90 Å². The molecular weight excluding hydrogens is 210 g/mol. The van der Waals surface area contributed by atoms with E-state index >= 15 is 0 Å². The highest BCUT2D eigenvalue weighted by Crippen LogP contribution is 2.31. The zero-order valence-corrected chi connectivity index (χ0v) is 10.5. The molecule has 0 amide bonds. The maximum atomic E-state index is 6.27. The number of hydrogen-bond donors (Lipinski definition) is 2. The van der Waals surface area contributed by atoms with E-state index in [1.807, 2.05) is 0 Å². The van der Waals surface area contributed by atoms with Gasteiger partial charge in [-0.25, -0.2) is 0 Å². The van der Waals surface area contributed by atoms with Gasteiger partial charge in [-0.1, -0.05) is 0 Å². The summed E-state index contributed by atoms with van der Waals surface area (Å²) < 4.78 is 0. The molecule has 0 aromatic heterocycles. The molecule has 4 heteroatoms. The van der Waals surface area contributed by atoms with Crippen LogP contribution in [0.2, 0.25) is 0 Å². The van der Waals surface area contributed by atoms with E-state index in [-0.39, 0.29) is 0 Å². The molecule has 5 atom stereocenters. The number of hydrogen-bond acceptors (Lipinski definition) is 2. The van der Waals surface area contributed by atoms with Gasteiger partial charge in [0.2, 0.25) is 0 Å². The number of rotatable bonds is 1. The second kappa shape index (κ2) is 4.58. The Labute approximate surface area is 97.3 Å². The summed E-state index contributed by atoms with van der Waals surface area (Å²) in [4.78, 5) is 2.28. The minimum atomic E-state index is 0.342. The lowest BCUT2D eigenvalue weighted by atomic mass is 9.75. The Morgan fingerprint density at radius 3 is 2.67 bits per heavy atom. The van der Waals surface area contributed by atoms with Crippen LogP contribution in [0.15, 0.2) is 0 Å². The average molecular weight is 233 g/mol. The van der Waals surface area contributed by atoms with E-state index in [0.717, 1.165) is 19.3 Å². The van der Waals surface area contributed by atoms with Crippen molar-refractivity contribution in [1.29, 1.82) is 0 Å². The molecule has 2 aliphatic rings. The number of nitrogens with zero attached hydrogens (tertiary/aromatic N) is 1. The summed E-state index contributed by atoms with van der Waals surface area (Å²) in [6.07, 6.45) is 5.17. The second-order valence-electron chi connectivity index (χ2n) is 5.36. The number of alkyl halides is 1. The van der Waals surface area contributed by atoms with E-state index in [1.165, 1.54) is 6.42 Å². The van der Waals surface area contributed by atoms with E-state index in [0.29, 0.717) is 29.5 Å². The van der Waals surface area contributed by atoms with Gasteiger partial charge in [0.05, 0.1) is 6.04 Å². The molecule has 0 aromatic rings. The van der Waals surface area contributed by atoms with Gasteiger partial charge in [0.25, 0.3) is 0 Å². The van der Waals surface area contributed by atoms with Crippen LogP contribution < -0.4 is 11.1 Å². The summed E-state index contributed by atoms with van der Waals surface area (Å²) in [6.45, 7) is 0. The first-order valence-corrected chi connectivity index (χ1v) is 6.42. The van der Waals surface area contributed by atoms with Crippen molar-refractivity contribution in [3.8, 4) is 0 Å². The molecule has 0 radical (unpaired) electrons. The number of nitrogens with two attached hydrogens (primary N) is 2. The van der Waals surface area contributed by atoms with Gasteiger partial charge in [-0.2, -0.15) is 0 Å². The number of piperidine rings is 1. The van der Waals surface area contributed by atoms with E-state index in [1.54, 1.807) is 0 Å². The molecule has 4 N–H and O–H groups in total. The van der Waals surface area contributed by atoms with Crippen LogP contribution in [-0.2, 0) is 0 Å². The largest absolute Gasteiger partial charge is 0.329 e. The smallest absolute Gasteiger partial charge is 0.143 e. The summed E-state index contributed by atoms with van der Waals surface area (Å²) in [5.74, 6) is 0.637. The lowest BCUT2D eigenvalue weighted by Gasteiger charge is -2.43. The van der Waals surface area contributed by atoms with E-state index in [2.05, 4.69) is 24.3 Å². The van der Waals surface area contributed by atoms with Gasteiger partial charge in [-0.05, 0) is 26.9 Å². The number of quaternary nitrogens is 1. The van der Waals surface area contributed by atoms with Gasteiger partial charge in [0, 0.05) is 30.2 Å². The van der Waals surface area contributed by atoms with Gasteiger partial charge in [-0.15, -0.1) is 11.6 Å². The Kier molecular flexibility index (Phi) is 3.56. The fourth-order valence-electron chi connectivity index (χ4n) is 3.11. The minimum absolute atomic E-state index is 0.342. The van der Waals surface area contributed by atoms with Crippen molar-refractivity contribution in [3.05, 3.63) is 0 Å². The third-order valence-corrected chi connectivity index (χ3v) is 4.48. The molecule has 2 fully saturated rings. The van der Waals surface area contributed by atoms with Crippen LogP contribution in [0, 0.1) is 5.92 Å². The fraction of sp³-hybridized carbons (Fsp3) is 1.00. The molecule has 0 bridgehead atoms. The molecule has 88 valence electrons. The average Bonchev–Trinajstić information content (AvgIpc) is 2.18. The van der Waals surface area contributed by atoms with Crippen molar-refractivity contribution in [2.45, 2.75) is 49.3 Å². The molecule has 2 rings (SSSR count). The van der Waals surface area contributed by atoms with Crippen LogP contribution in [0.3, 0.4) is 0 Å². The molecule has 15 heavy (non-hydrogen) atoms. The minimum Gasteiger partial charge on any atom is -0.329 e. The maximum absolute atomic E-state index is 6.27. The summed E-state index contributed by atoms with van der Waals surface area (Å²) in [6, 6.07) is 1.05. The molecule has 1 heterocycles. The molecule has 1 saturated heterocycles. The SMILES string of the molecule is CN(C)C1CC(N)C2CC(Cl)CCC2[NH2+]1. The van der Waals surface area contributed by atoms with Crippen molar-refractivity contribution in [3.63, 3.8) is 0 Å². The standard InChI is InChI=1S/C11H22ClN3/c1-15(2)11-6-9(13)8-5-7(12)3-4-10(8)14-11/h7-11,14H,3-6,13H2,1-2H3/p+1. The summed E-state index contributed by atoms with van der Waals surface area (Å²) >= 11 is 6.22. The Morgan fingerprint density at radius 1 is 1.27 bits per heavy atom. The van der Waals surface area contributed by atoms with Crippen molar-refractivity contribution < 1.29 is 5.32 Å². The molecule has 5 unspecified atom stereocenters. The highest BCUT2D eigenvalue weighted by Gasteiger charge is 2.42. The first-order valence-electron chi connectivity index (χ1n) is 5.99. The summed E-state index contributed by atoms with van der Waals surface area (Å²) in [7, 11) is 4.28. The van der Waals surface area contributed by atoms with Gasteiger partial charge >= 0.3 is 0 Å². The molecule has 1 aliphatic carbocycles. The van der Waals surface area contributed by atoms with Gasteiger partial charge in [0.1, 0.15) is 6.17 Å². The van der Waals surface area contributed by atoms with Crippen LogP contribution in [0.1, 0.15) is 25.7 Å². The van der Waals surface area contributed by atoms with Crippen LogP contribution in [0.4, 0.5) is 0 Å². The maximum Gasteiger partial charge on any atom is 0.143 e. The quantitative estimate of drug-likeness (QED) is 0.623. The highest BCUT2D eigenvalue weighted by atomic mass is 35.5. The zero-order chi connectivity index (χ0) is 11.0. The molecule has 1 saturated carbocycles. The third kappa shape index (κ3) is 2.47. The molecular formula is C11H23ClN3+. The highest BCUT2D eigenvalue weighted by molar-refractivity contribution is 6.20. The lowest BCUT2D eigenvalue weighted by molar-refractivity contribution is -0.755. The van der Waals surface area contributed by atoms with Crippen LogP contribution in [0.5, 0.6) is 0 Å². The molecule has 0 spiro atoms. The zero-order valence-electron chi connectivity index (χ0n) is 9.70. The van der Waals surface area contributed by atoms with E-state index in [4.69, 9.17) is 17.3 Å². The predicted molar refractivity (Wildman–Crippen MR) is 62.8 cm³/mol.